The number of aromatic nitrogens is 9. The highest BCUT2D eigenvalue weighted by molar-refractivity contribution is 7.94. The highest BCUT2D eigenvalue weighted by atomic mass is 32.2. The number of benzene rings is 8. The number of rotatable bonds is 19. The van der Waals surface area contributed by atoms with Gasteiger partial charge in [-0.05, 0) is 82.9 Å². The predicted octanol–water partition coefficient (Wildman–Crippen LogP) is 7.97. The topological polar surface area (TPSA) is 447 Å². The van der Waals surface area contributed by atoms with Crippen LogP contribution in [0.15, 0.2) is 163 Å². The zero-order valence-corrected chi connectivity index (χ0v) is 51.2. The average Bonchev–Trinajstić information content (AvgIpc) is 1.54. The van der Waals surface area contributed by atoms with Gasteiger partial charge in [0, 0.05) is 50.9 Å². The van der Waals surface area contributed by atoms with Gasteiger partial charge in [0.25, 0.3) is 50.6 Å². The van der Waals surface area contributed by atoms with Gasteiger partial charge in [-0.25, -0.2) is 5.26 Å². The molecule has 0 amide bonds. The standard InChI is InChI=1S/C55H42N12O19S6/c68-85-86-87-45-25-35(17-13-31(45)9-10-33-15-19-37(27-47(33)89(72,73)74)66-61-43-29-49(91(78,79)80)39-5-1-3-7-41(39)51(43)63-66)56-53-58-54(60-55(59-53)65-21-23-84-24-22-65)57-36-18-14-32(46(26-36)88(69,70)71)11-12-34-16-20-38(28-48(34)90(75,76)77)67-62-44-30-50(92(81,82)83)40-6-2-4-8-42(40)52(44)64-67/h1-20,25-30,68H,21-24H2,(H,69,70,71)(H,72,73,74)(H,75,76,77)(H,78,79,80)(H,81,82,83)(H2,56,57,58,59,60). The fourth-order valence-corrected chi connectivity index (χ4v) is 14.0. The minimum atomic E-state index is -5.04. The van der Waals surface area contributed by atoms with Crippen LogP contribution in [-0.4, -0.2) is 141 Å². The molecule has 1 saturated heterocycles. The van der Waals surface area contributed by atoms with Crippen LogP contribution in [0.5, 0.6) is 0 Å². The van der Waals surface area contributed by atoms with Crippen molar-refractivity contribution in [1.82, 2.24) is 44.9 Å². The normalized spacial score (nSPS) is 13.8. The lowest BCUT2D eigenvalue weighted by atomic mass is 10.1. The molecule has 0 saturated carbocycles. The van der Waals surface area contributed by atoms with Crippen LogP contribution in [0.25, 0.3) is 79.3 Å². The fourth-order valence-electron chi connectivity index (χ4n) is 9.95. The van der Waals surface area contributed by atoms with Gasteiger partial charge in [-0.2, -0.15) is 66.6 Å². The zero-order chi connectivity index (χ0) is 65.1. The second kappa shape index (κ2) is 24.4. The van der Waals surface area contributed by atoms with Crippen LogP contribution >= 0.6 is 12.0 Å². The second-order valence-electron chi connectivity index (χ2n) is 19.9. The lowest BCUT2D eigenvalue weighted by molar-refractivity contribution is -0.432. The minimum absolute atomic E-state index is 0.0114. The van der Waals surface area contributed by atoms with Crippen molar-refractivity contribution in [3.63, 3.8) is 0 Å². The van der Waals surface area contributed by atoms with Crippen LogP contribution in [0.4, 0.5) is 29.2 Å². The number of morpholine rings is 1. The van der Waals surface area contributed by atoms with Gasteiger partial charge in [-0.1, -0.05) is 102 Å². The van der Waals surface area contributed by atoms with E-state index in [1.807, 2.05) is 0 Å². The summed E-state index contributed by atoms with van der Waals surface area (Å²) in [6.45, 7) is 1.34. The lowest BCUT2D eigenvalue weighted by Crippen LogP contribution is -2.37. The summed E-state index contributed by atoms with van der Waals surface area (Å²) in [6.07, 6.45) is 5.14. The van der Waals surface area contributed by atoms with Crippen molar-refractivity contribution in [3.05, 3.63) is 156 Å². The molecular formula is C55H42N12O19S6. The molecule has 0 aliphatic carbocycles. The molecule has 31 nitrogen and oxygen atoms in total. The highest BCUT2D eigenvalue weighted by Gasteiger charge is 2.26. The number of hydrogen-bond donors (Lipinski definition) is 8. The van der Waals surface area contributed by atoms with E-state index in [1.54, 1.807) is 53.4 Å². The molecule has 37 heteroatoms. The number of nitrogens with one attached hydrogen (secondary N) is 2. The third-order valence-electron chi connectivity index (χ3n) is 14.1. The first kappa shape index (κ1) is 62.9. The van der Waals surface area contributed by atoms with Crippen LogP contribution in [-0.2, 0) is 64.7 Å². The Morgan fingerprint density at radius 1 is 0.457 bits per heavy atom. The molecule has 0 bridgehead atoms. The summed E-state index contributed by atoms with van der Waals surface area (Å²) in [5.41, 5.74) is 0.880. The molecule has 4 heterocycles. The number of nitrogens with zero attached hydrogens (tertiary/aromatic N) is 10. The number of ether oxygens (including phenoxy) is 1. The van der Waals surface area contributed by atoms with E-state index in [0.717, 1.165) is 46.0 Å². The minimum Gasteiger partial charge on any atom is -0.378 e. The maximum atomic E-state index is 13.0. The molecule has 12 rings (SSSR count). The van der Waals surface area contributed by atoms with Gasteiger partial charge in [0.15, 0.2) is 0 Å². The summed E-state index contributed by atoms with van der Waals surface area (Å²) < 4.78 is 188. The zero-order valence-electron chi connectivity index (χ0n) is 46.3. The molecule has 11 aromatic rings. The summed E-state index contributed by atoms with van der Waals surface area (Å²) >= 11 is 0.532. The molecule has 3 aromatic heterocycles. The summed E-state index contributed by atoms with van der Waals surface area (Å²) in [7, 11) is -24.4. The Bertz CT molecular complexity index is 5520. The smallest absolute Gasteiger partial charge is 0.295 e. The van der Waals surface area contributed by atoms with Gasteiger partial charge >= 0.3 is 0 Å². The van der Waals surface area contributed by atoms with E-state index < -0.39 is 75.1 Å². The highest BCUT2D eigenvalue weighted by Crippen LogP contribution is 2.36. The molecule has 0 atom stereocenters. The van der Waals surface area contributed by atoms with Gasteiger partial charge in [0.2, 0.25) is 17.8 Å². The first-order valence-corrected chi connectivity index (χ1v) is 34.3. The number of hydrogen-bond acceptors (Lipinski definition) is 25. The Balaban J connectivity index is 0.820. The maximum Gasteiger partial charge on any atom is 0.295 e. The first-order chi connectivity index (χ1) is 43.7. The molecule has 1 aliphatic heterocycles. The molecule has 0 spiro atoms. The molecule has 0 radical (unpaired) electrons. The third kappa shape index (κ3) is 13.3. The van der Waals surface area contributed by atoms with E-state index in [9.17, 15) is 64.9 Å². The molecule has 1 aliphatic rings. The van der Waals surface area contributed by atoms with Crippen LogP contribution in [0.3, 0.4) is 0 Å². The Morgan fingerprint density at radius 2 is 0.859 bits per heavy atom. The van der Waals surface area contributed by atoms with Crippen molar-refractivity contribution in [2.75, 3.05) is 41.8 Å². The first-order valence-electron chi connectivity index (χ1n) is 26.3. The Labute approximate surface area is 524 Å². The SMILES string of the molecule is O=S(=O)(O)c1cc(Nc2nc(Nc3ccc(C=Cc4ccc(-n5nc6cc(S(=O)(=O)O)c7ccccc7c6n5)cc4S(=O)(=O)O)c(SOOO)c3)nc(N3CCOCC3)n2)ccc1C=Cc1ccc(-n2nc3cc(S(=O)(=O)O)c4ccccc4c3n2)cc1S(=O)(=O)O. The Morgan fingerprint density at radius 3 is 1.30 bits per heavy atom. The van der Waals surface area contributed by atoms with E-state index in [1.165, 1.54) is 72.8 Å². The summed E-state index contributed by atoms with van der Waals surface area (Å²) in [5, 5.41) is 37.5. The lowest BCUT2D eigenvalue weighted by Gasteiger charge is -2.27. The van der Waals surface area contributed by atoms with Crippen molar-refractivity contribution in [3.8, 4) is 11.4 Å². The predicted molar refractivity (Wildman–Crippen MR) is 333 cm³/mol. The summed E-state index contributed by atoms with van der Waals surface area (Å²) in [4.78, 5) is 15.0. The fraction of sp³-hybridized carbons (Fsp3) is 0.0727. The van der Waals surface area contributed by atoms with E-state index in [-0.39, 0.29) is 89.3 Å². The largest absolute Gasteiger partial charge is 0.378 e. The van der Waals surface area contributed by atoms with E-state index in [2.05, 4.69) is 51.0 Å². The van der Waals surface area contributed by atoms with Crippen molar-refractivity contribution in [1.29, 1.82) is 0 Å². The second-order valence-corrected chi connectivity index (χ2v) is 27.6. The molecule has 8 N–H and O–H groups in total. The summed E-state index contributed by atoms with van der Waals surface area (Å²) in [6, 6.07) is 30.5. The molecule has 0 unspecified atom stereocenters. The van der Waals surface area contributed by atoms with Crippen molar-refractivity contribution >= 4 is 160 Å². The molecule has 92 heavy (non-hydrogen) atoms. The summed E-state index contributed by atoms with van der Waals surface area (Å²) in [5.74, 6) is -0.0666. The quantitative estimate of drug-likeness (QED) is 0.0125. The van der Waals surface area contributed by atoms with E-state index in [4.69, 9.17) is 14.3 Å². The van der Waals surface area contributed by atoms with Gasteiger partial charge in [0.05, 0.1) is 36.6 Å². The van der Waals surface area contributed by atoms with Crippen LogP contribution in [0.1, 0.15) is 22.3 Å². The van der Waals surface area contributed by atoms with Crippen LogP contribution < -0.4 is 15.5 Å². The number of anilines is 5. The molecule has 1 fully saturated rings. The molecule has 472 valence electrons. The van der Waals surface area contributed by atoms with Crippen LogP contribution in [0.2, 0.25) is 0 Å². The Hall–Kier alpha value is -9.29. The Kier molecular flexibility index (Phi) is 16.7. The van der Waals surface area contributed by atoms with Crippen LogP contribution in [0, 0.1) is 0 Å². The van der Waals surface area contributed by atoms with Crippen molar-refractivity contribution < 1.29 is 84.2 Å². The monoisotopic (exact) mass is 1370 g/mol. The van der Waals surface area contributed by atoms with E-state index in [0.29, 0.717) is 60.4 Å². The van der Waals surface area contributed by atoms with Gasteiger partial charge in [0.1, 0.15) is 46.5 Å². The van der Waals surface area contributed by atoms with E-state index >= 15 is 0 Å². The maximum absolute atomic E-state index is 13.0. The molecule has 8 aromatic carbocycles. The van der Waals surface area contributed by atoms with Crippen molar-refractivity contribution in [2.45, 2.75) is 29.4 Å². The van der Waals surface area contributed by atoms with Crippen molar-refractivity contribution in [2.24, 2.45) is 0 Å². The number of fused-ring (bicyclic) bond motifs is 6. The average molecular weight is 1370 g/mol. The van der Waals surface area contributed by atoms with Gasteiger partial charge in [-0.3, -0.25) is 22.8 Å². The van der Waals surface area contributed by atoms with Gasteiger partial charge in [-0.15, -0.1) is 24.7 Å². The third-order valence-corrected chi connectivity index (χ3v) is 19.2. The van der Waals surface area contributed by atoms with Gasteiger partial charge < -0.3 is 20.3 Å². The molecular weight excluding hydrogens is 1330 g/mol.